The number of phenolic OH excluding ortho intramolecular Hbond substituents is 1. The largest absolute Gasteiger partial charge is 0.506 e. The van der Waals surface area contributed by atoms with E-state index in [1.807, 2.05) is 30.3 Å². The van der Waals surface area contributed by atoms with Crippen molar-refractivity contribution in [3.05, 3.63) is 148 Å². The van der Waals surface area contributed by atoms with Crippen molar-refractivity contribution in [2.75, 3.05) is 5.32 Å². The fraction of sp³-hybridized carbons (Fsp3) is 0.0606. The highest BCUT2D eigenvalue weighted by molar-refractivity contribution is 7.89. The molecule has 5 rings (SSSR count). The molecule has 218 valence electrons. The van der Waals surface area contributed by atoms with Gasteiger partial charge in [0, 0.05) is 28.8 Å². The van der Waals surface area contributed by atoms with Crippen LogP contribution in [0, 0.1) is 5.82 Å². The maximum absolute atomic E-state index is 14.2. The first kappa shape index (κ1) is 30.3. The van der Waals surface area contributed by atoms with Crippen molar-refractivity contribution in [1.82, 2.24) is 4.31 Å². The molecule has 0 aliphatic carbocycles. The lowest BCUT2D eigenvalue weighted by atomic mass is 10.0. The van der Waals surface area contributed by atoms with E-state index in [2.05, 4.69) is 5.32 Å². The highest BCUT2D eigenvalue weighted by atomic mass is 35.5. The van der Waals surface area contributed by atoms with Crippen LogP contribution < -0.4 is 5.32 Å². The Balaban J connectivity index is 1.53. The van der Waals surface area contributed by atoms with Crippen molar-refractivity contribution >= 4 is 44.8 Å². The summed E-state index contributed by atoms with van der Waals surface area (Å²) in [6.07, 6.45) is 0. The highest BCUT2D eigenvalue weighted by Gasteiger charge is 2.31. The van der Waals surface area contributed by atoms with Crippen LogP contribution in [0.25, 0.3) is 11.1 Å². The number of aromatic hydroxyl groups is 1. The normalized spacial score (nSPS) is 11.4. The number of hydrogen-bond donors (Lipinski definition) is 2. The second-order valence-electron chi connectivity index (χ2n) is 9.73. The van der Waals surface area contributed by atoms with Gasteiger partial charge >= 0.3 is 0 Å². The van der Waals surface area contributed by atoms with Gasteiger partial charge < -0.3 is 10.4 Å². The van der Waals surface area contributed by atoms with Crippen LogP contribution in [0.2, 0.25) is 10.0 Å². The van der Waals surface area contributed by atoms with Gasteiger partial charge in [0.2, 0.25) is 10.0 Å². The maximum atomic E-state index is 14.2. The number of nitrogens with zero attached hydrogens (tertiary/aromatic N) is 1. The summed E-state index contributed by atoms with van der Waals surface area (Å²) in [6, 6.07) is 30.9. The molecule has 0 radical (unpaired) electrons. The van der Waals surface area contributed by atoms with Crippen molar-refractivity contribution in [2.24, 2.45) is 0 Å². The number of carbonyl (C=O) groups excluding carboxylic acids is 1. The summed E-state index contributed by atoms with van der Waals surface area (Å²) in [6.45, 7) is -0.246. The number of carbonyl (C=O) groups is 1. The Kier molecular flexibility index (Phi) is 9.13. The number of hydrogen-bond acceptors (Lipinski definition) is 4. The van der Waals surface area contributed by atoms with Gasteiger partial charge in [0.15, 0.2) is 0 Å². The molecule has 0 aliphatic rings. The topological polar surface area (TPSA) is 86.7 Å². The minimum atomic E-state index is -4.47. The molecule has 0 saturated heterocycles. The van der Waals surface area contributed by atoms with Gasteiger partial charge in [-0.3, -0.25) is 4.79 Å². The third-order valence-electron chi connectivity index (χ3n) is 6.67. The molecule has 0 unspecified atom stereocenters. The number of sulfonamides is 1. The predicted molar refractivity (Wildman–Crippen MR) is 167 cm³/mol. The standard InChI is InChI=1S/C33H25Cl2FN2O4S/c34-26-13-11-24(12-14-26)25-6-4-5-23(17-25)21-38(20-22-9-15-28(36)16-10-22)43(41,42)31-19-27(35)18-30(32(31)39)33(40)37-29-7-2-1-3-8-29/h1-19,39H,20-21H2,(H,37,40). The molecule has 10 heteroatoms. The summed E-state index contributed by atoms with van der Waals surface area (Å²) in [5, 5.41) is 14.3. The van der Waals surface area contributed by atoms with Crippen LogP contribution in [0.3, 0.4) is 0 Å². The molecular weight excluding hydrogens is 610 g/mol. The monoisotopic (exact) mass is 634 g/mol. The van der Waals surface area contributed by atoms with Gasteiger partial charge in [-0.05, 0) is 76.9 Å². The van der Waals surface area contributed by atoms with Gasteiger partial charge in [0.05, 0.1) is 5.56 Å². The van der Waals surface area contributed by atoms with Crippen LogP contribution in [-0.4, -0.2) is 23.7 Å². The number of rotatable bonds is 9. The molecule has 6 nitrogen and oxygen atoms in total. The Morgan fingerprint density at radius 3 is 2.12 bits per heavy atom. The Morgan fingerprint density at radius 1 is 0.744 bits per heavy atom. The second-order valence-corrected chi connectivity index (χ2v) is 12.5. The van der Waals surface area contributed by atoms with E-state index in [0.29, 0.717) is 21.8 Å². The number of phenols is 1. The molecule has 43 heavy (non-hydrogen) atoms. The SMILES string of the molecule is O=C(Nc1ccccc1)c1cc(Cl)cc(S(=O)(=O)N(Cc2ccc(F)cc2)Cc2cccc(-c3ccc(Cl)cc3)c2)c1O. The van der Waals surface area contributed by atoms with E-state index < -0.39 is 32.4 Å². The van der Waals surface area contributed by atoms with Crippen molar-refractivity contribution in [2.45, 2.75) is 18.0 Å². The van der Waals surface area contributed by atoms with E-state index >= 15 is 0 Å². The first-order valence-corrected chi connectivity index (χ1v) is 15.3. The van der Waals surface area contributed by atoms with E-state index in [9.17, 15) is 22.7 Å². The number of nitrogens with one attached hydrogen (secondary N) is 1. The first-order chi connectivity index (χ1) is 20.6. The lowest BCUT2D eigenvalue weighted by Gasteiger charge is -2.24. The molecule has 1 amide bonds. The van der Waals surface area contributed by atoms with Crippen LogP contribution in [0.4, 0.5) is 10.1 Å². The van der Waals surface area contributed by atoms with Gasteiger partial charge in [-0.15, -0.1) is 0 Å². The quantitative estimate of drug-likeness (QED) is 0.171. The molecule has 5 aromatic rings. The van der Waals surface area contributed by atoms with Gasteiger partial charge in [0.1, 0.15) is 16.5 Å². The second kappa shape index (κ2) is 13.0. The molecule has 0 bridgehead atoms. The van der Waals surface area contributed by atoms with E-state index in [-0.39, 0.29) is 23.7 Å². The summed E-state index contributed by atoms with van der Waals surface area (Å²) in [7, 11) is -4.47. The minimum absolute atomic E-state index is 0.0546. The number of benzene rings is 5. The van der Waals surface area contributed by atoms with Crippen LogP contribution in [-0.2, 0) is 23.1 Å². The van der Waals surface area contributed by atoms with Crippen molar-refractivity contribution in [3.8, 4) is 16.9 Å². The van der Waals surface area contributed by atoms with Crippen LogP contribution >= 0.6 is 23.2 Å². The zero-order valence-corrected chi connectivity index (χ0v) is 24.9. The van der Waals surface area contributed by atoms with Gasteiger partial charge in [-0.2, -0.15) is 4.31 Å². The molecule has 2 N–H and O–H groups in total. The Bertz CT molecular complexity index is 1870. The smallest absolute Gasteiger partial charge is 0.259 e. The van der Waals surface area contributed by atoms with Crippen LogP contribution in [0.5, 0.6) is 5.75 Å². The molecule has 0 fully saturated rings. The lowest BCUT2D eigenvalue weighted by molar-refractivity contribution is 0.102. The third kappa shape index (κ3) is 7.24. The molecule has 0 spiro atoms. The molecule has 0 heterocycles. The Labute approximate surface area is 259 Å². The average molecular weight is 636 g/mol. The third-order valence-corrected chi connectivity index (χ3v) is 8.94. The van der Waals surface area contributed by atoms with Crippen LogP contribution in [0.1, 0.15) is 21.5 Å². The number of amides is 1. The summed E-state index contributed by atoms with van der Waals surface area (Å²) in [5.74, 6) is -1.93. The van der Waals surface area contributed by atoms with E-state index in [4.69, 9.17) is 23.2 Å². The fourth-order valence-corrected chi connectivity index (χ4v) is 6.47. The van der Waals surface area contributed by atoms with E-state index in [1.165, 1.54) is 30.3 Å². The summed E-state index contributed by atoms with van der Waals surface area (Å²) in [4.78, 5) is 12.5. The number of para-hydroxylation sites is 1. The Morgan fingerprint density at radius 2 is 1.42 bits per heavy atom. The molecule has 0 saturated carbocycles. The summed E-state index contributed by atoms with van der Waals surface area (Å²) >= 11 is 12.3. The fourth-order valence-electron chi connectivity index (χ4n) is 4.52. The average Bonchev–Trinajstić information content (AvgIpc) is 3.00. The van der Waals surface area contributed by atoms with Crippen LogP contribution in [0.15, 0.2) is 120 Å². The summed E-state index contributed by atoms with van der Waals surface area (Å²) in [5.41, 5.74) is 3.06. The first-order valence-electron chi connectivity index (χ1n) is 13.1. The Hall–Kier alpha value is -4.21. The van der Waals surface area contributed by atoms with Gasteiger partial charge in [-0.25, -0.2) is 12.8 Å². The number of halogens is 3. The molecule has 0 aliphatic heterocycles. The molecule has 0 atom stereocenters. The zero-order valence-electron chi connectivity index (χ0n) is 22.5. The lowest BCUT2D eigenvalue weighted by Crippen LogP contribution is -2.30. The zero-order chi connectivity index (χ0) is 30.6. The predicted octanol–water partition coefficient (Wildman–Crippen LogP) is 8.15. The van der Waals surface area contributed by atoms with Gasteiger partial charge in [-0.1, -0.05) is 83.9 Å². The number of anilines is 1. The highest BCUT2D eigenvalue weighted by Crippen LogP contribution is 2.35. The molecule has 0 aromatic heterocycles. The molecular formula is C33H25Cl2FN2O4S. The molecule has 5 aromatic carbocycles. The van der Waals surface area contributed by atoms with Crippen molar-refractivity contribution in [3.63, 3.8) is 0 Å². The summed E-state index contributed by atoms with van der Waals surface area (Å²) < 4.78 is 43.2. The van der Waals surface area contributed by atoms with E-state index in [0.717, 1.165) is 21.5 Å². The maximum Gasteiger partial charge on any atom is 0.259 e. The van der Waals surface area contributed by atoms with Gasteiger partial charge in [0.25, 0.3) is 5.91 Å². The minimum Gasteiger partial charge on any atom is -0.506 e. The van der Waals surface area contributed by atoms with Crippen molar-refractivity contribution in [1.29, 1.82) is 0 Å². The van der Waals surface area contributed by atoms with E-state index in [1.54, 1.807) is 48.5 Å². The van der Waals surface area contributed by atoms with Crippen molar-refractivity contribution < 1.29 is 22.7 Å².